The summed E-state index contributed by atoms with van der Waals surface area (Å²) in [4.78, 5) is 20.6. The Morgan fingerprint density at radius 2 is 2.18 bits per heavy atom. The lowest BCUT2D eigenvalue weighted by molar-refractivity contribution is -0.152. The zero-order valence-corrected chi connectivity index (χ0v) is 6.24. The molecule has 11 heavy (non-hydrogen) atoms. The first-order chi connectivity index (χ1) is 5.07. The average Bonchev–Trinajstić information content (AvgIpc) is 1.86. The summed E-state index contributed by atoms with van der Waals surface area (Å²) in [5.74, 6) is -1.84. The van der Waals surface area contributed by atoms with Crippen LogP contribution in [0.15, 0.2) is 0 Å². The highest BCUT2D eigenvalue weighted by Gasteiger charge is 2.19. The number of carboxylic acid groups (broad SMARTS) is 1. The third-order valence-corrected chi connectivity index (χ3v) is 1.03. The molecule has 0 fully saturated rings. The van der Waals surface area contributed by atoms with Gasteiger partial charge in [0.05, 0.1) is 6.42 Å². The number of hydrogen-bond acceptors (Lipinski definition) is 3. The Labute approximate surface area is 64.1 Å². The fourth-order valence-corrected chi connectivity index (χ4v) is 0.601. The van der Waals surface area contributed by atoms with E-state index in [4.69, 9.17) is 15.6 Å². The minimum Gasteiger partial charge on any atom is -0.479 e. The van der Waals surface area contributed by atoms with Crippen molar-refractivity contribution in [2.24, 2.45) is 5.73 Å². The van der Waals surface area contributed by atoms with E-state index in [9.17, 15) is 9.59 Å². The number of primary amides is 1. The standard InChI is InChI=1S/C6H11NO4/c1-2-11-4(6(9)10)3-5(7)8/h4H,2-3H2,1H3,(H2,7,8)(H,9,10). The fourth-order valence-electron chi connectivity index (χ4n) is 0.601. The van der Waals surface area contributed by atoms with Gasteiger partial charge in [0.1, 0.15) is 0 Å². The van der Waals surface area contributed by atoms with E-state index in [0.29, 0.717) is 0 Å². The minimum atomic E-state index is -1.16. The molecule has 1 amide bonds. The van der Waals surface area contributed by atoms with Crippen molar-refractivity contribution in [1.82, 2.24) is 0 Å². The maximum absolute atomic E-state index is 10.3. The van der Waals surface area contributed by atoms with Gasteiger partial charge in [-0.25, -0.2) is 4.79 Å². The van der Waals surface area contributed by atoms with Gasteiger partial charge < -0.3 is 15.6 Å². The van der Waals surface area contributed by atoms with Crippen molar-refractivity contribution in [2.75, 3.05) is 6.61 Å². The maximum Gasteiger partial charge on any atom is 0.333 e. The molecule has 0 bridgehead atoms. The summed E-state index contributed by atoms with van der Waals surface area (Å²) in [5, 5.41) is 8.42. The number of carbonyl (C=O) groups is 2. The highest BCUT2D eigenvalue weighted by atomic mass is 16.5. The monoisotopic (exact) mass is 161 g/mol. The average molecular weight is 161 g/mol. The third kappa shape index (κ3) is 4.32. The lowest BCUT2D eigenvalue weighted by Gasteiger charge is -2.08. The second-order valence-corrected chi connectivity index (χ2v) is 1.95. The third-order valence-electron chi connectivity index (χ3n) is 1.03. The summed E-state index contributed by atoms with van der Waals surface area (Å²) >= 11 is 0. The zero-order chi connectivity index (χ0) is 8.85. The number of carboxylic acids is 1. The van der Waals surface area contributed by atoms with Crippen LogP contribution < -0.4 is 5.73 Å². The van der Waals surface area contributed by atoms with Crippen LogP contribution in [0.25, 0.3) is 0 Å². The summed E-state index contributed by atoms with van der Waals surface area (Å²) in [6.45, 7) is 1.90. The van der Waals surface area contributed by atoms with Gasteiger partial charge in [0.2, 0.25) is 5.91 Å². The van der Waals surface area contributed by atoms with E-state index in [0.717, 1.165) is 0 Å². The maximum atomic E-state index is 10.3. The van der Waals surface area contributed by atoms with Crippen LogP contribution in [0.4, 0.5) is 0 Å². The summed E-state index contributed by atoms with van der Waals surface area (Å²) in [6.07, 6.45) is -1.37. The molecule has 0 saturated heterocycles. The van der Waals surface area contributed by atoms with Crippen molar-refractivity contribution in [1.29, 1.82) is 0 Å². The SMILES string of the molecule is CCOC(CC(N)=O)C(=O)O. The largest absolute Gasteiger partial charge is 0.479 e. The highest BCUT2D eigenvalue weighted by Crippen LogP contribution is 1.97. The predicted molar refractivity (Wildman–Crippen MR) is 36.9 cm³/mol. The van der Waals surface area contributed by atoms with Crippen molar-refractivity contribution in [2.45, 2.75) is 19.4 Å². The first kappa shape index (κ1) is 9.90. The van der Waals surface area contributed by atoms with Crippen LogP contribution in [-0.4, -0.2) is 29.7 Å². The van der Waals surface area contributed by atoms with Gasteiger partial charge in [-0.15, -0.1) is 0 Å². The highest BCUT2D eigenvalue weighted by molar-refractivity contribution is 5.82. The molecular formula is C6H11NO4. The van der Waals surface area contributed by atoms with Crippen LogP contribution in [0.3, 0.4) is 0 Å². The van der Waals surface area contributed by atoms with Crippen molar-refractivity contribution in [3.63, 3.8) is 0 Å². The summed E-state index contributed by atoms with van der Waals surface area (Å²) < 4.78 is 4.71. The molecule has 0 aliphatic rings. The lowest BCUT2D eigenvalue weighted by atomic mass is 10.2. The van der Waals surface area contributed by atoms with Crippen LogP contribution in [0.5, 0.6) is 0 Å². The Morgan fingerprint density at radius 1 is 1.64 bits per heavy atom. The molecule has 64 valence electrons. The van der Waals surface area contributed by atoms with Gasteiger partial charge in [-0.2, -0.15) is 0 Å². The number of ether oxygens (including phenoxy) is 1. The molecule has 5 nitrogen and oxygen atoms in total. The second-order valence-electron chi connectivity index (χ2n) is 1.95. The molecule has 5 heteroatoms. The first-order valence-corrected chi connectivity index (χ1v) is 3.20. The molecule has 0 aliphatic carbocycles. The Hall–Kier alpha value is -1.10. The van der Waals surface area contributed by atoms with Crippen molar-refractivity contribution >= 4 is 11.9 Å². The molecule has 0 saturated carbocycles. The molecule has 0 aromatic heterocycles. The van der Waals surface area contributed by atoms with Gasteiger partial charge in [-0.05, 0) is 6.92 Å². The van der Waals surface area contributed by atoms with E-state index in [1.807, 2.05) is 0 Å². The fraction of sp³-hybridized carbons (Fsp3) is 0.667. The molecule has 0 spiro atoms. The summed E-state index contributed by atoms with van der Waals surface area (Å²) in [5.41, 5.74) is 4.78. The van der Waals surface area contributed by atoms with E-state index in [2.05, 4.69) is 0 Å². The Kier molecular flexibility index (Phi) is 4.21. The first-order valence-electron chi connectivity index (χ1n) is 3.20. The topological polar surface area (TPSA) is 89.6 Å². The molecule has 0 aliphatic heterocycles. The smallest absolute Gasteiger partial charge is 0.333 e. The van der Waals surface area contributed by atoms with Crippen LogP contribution in [0.2, 0.25) is 0 Å². The number of carbonyl (C=O) groups excluding carboxylic acids is 1. The van der Waals surface area contributed by atoms with Crippen LogP contribution in [0, 0.1) is 0 Å². The molecule has 0 aromatic rings. The molecule has 0 heterocycles. The minimum absolute atomic E-state index is 0.254. The summed E-state index contributed by atoms with van der Waals surface area (Å²) in [7, 11) is 0. The number of nitrogens with two attached hydrogens (primary N) is 1. The van der Waals surface area contributed by atoms with Crippen LogP contribution in [0.1, 0.15) is 13.3 Å². The van der Waals surface area contributed by atoms with E-state index in [1.54, 1.807) is 6.92 Å². The zero-order valence-electron chi connectivity index (χ0n) is 6.24. The normalized spacial score (nSPS) is 12.5. The van der Waals surface area contributed by atoms with E-state index >= 15 is 0 Å². The van der Waals surface area contributed by atoms with Gasteiger partial charge in [-0.1, -0.05) is 0 Å². The van der Waals surface area contributed by atoms with Crippen molar-refractivity contribution in [3.05, 3.63) is 0 Å². The van der Waals surface area contributed by atoms with Gasteiger partial charge in [0.15, 0.2) is 6.10 Å². The second kappa shape index (κ2) is 4.68. The van der Waals surface area contributed by atoms with Crippen LogP contribution >= 0.6 is 0 Å². The van der Waals surface area contributed by atoms with Crippen molar-refractivity contribution < 1.29 is 19.4 Å². The molecular weight excluding hydrogens is 150 g/mol. The number of amides is 1. The molecule has 0 aromatic carbocycles. The van der Waals surface area contributed by atoms with Gasteiger partial charge in [0.25, 0.3) is 0 Å². The number of hydrogen-bond donors (Lipinski definition) is 2. The number of rotatable bonds is 5. The van der Waals surface area contributed by atoms with Gasteiger partial charge in [0, 0.05) is 6.61 Å². The van der Waals surface area contributed by atoms with E-state index in [1.165, 1.54) is 0 Å². The molecule has 3 N–H and O–H groups in total. The molecule has 0 rings (SSSR count). The van der Waals surface area contributed by atoms with Gasteiger partial charge >= 0.3 is 5.97 Å². The molecule has 1 atom stereocenters. The van der Waals surface area contributed by atoms with E-state index < -0.39 is 18.0 Å². The molecule has 0 radical (unpaired) electrons. The Balaban J connectivity index is 3.89. The molecule has 1 unspecified atom stereocenters. The Bertz CT molecular complexity index is 157. The summed E-state index contributed by atoms with van der Waals surface area (Å²) in [6, 6.07) is 0. The Morgan fingerprint density at radius 3 is 2.45 bits per heavy atom. The van der Waals surface area contributed by atoms with E-state index in [-0.39, 0.29) is 13.0 Å². The predicted octanol–water partition coefficient (Wildman–Crippen LogP) is -0.648. The van der Waals surface area contributed by atoms with Crippen molar-refractivity contribution in [3.8, 4) is 0 Å². The van der Waals surface area contributed by atoms with Gasteiger partial charge in [-0.3, -0.25) is 4.79 Å². The van der Waals surface area contributed by atoms with Crippen LogP contribution in [-0.2, 0) is 14.3 Å². The number of aliphatic carboxylic acids is 1. The lowest BCUT2D eigenvalue weighted by Crippen LogP contribution is -2.29. The quantitative estimate of drug-likeness (QED) is 0.560.